The summed E-state index contributed by atoms with van der Waals surface area (Å²) >= 11 is 0. The summed E-state index contributed by atoms with van der Waals surface area (Å²) in [6.07, 6.45) is 0.658. The molecular weight excluding hydrogens is 162 g/mol. The summed E-state index contributed by atoms with van der Waals surface area (Å²) in [4.78, 5) is 13.7. The monoisotopic (exact) mass is 185 g/mol. The number of amides is 1. The summed E-state index contributed by atoms with van der Waals surface area (Å²) in [5.74, 6) is 0.717. The van der Waals surface area contributed by atoms with Gasteiger partial charge in [-0.15, -0.1) is 0 Å². The average Bonchev–Trinajstić information content (AvgIpc) is 1.82. The molecule has 0 saturated carbocycles. The van der Waals surface area contributed by atoms with Crippen LogP contribution in [0.2, 0.25) is 0 Å². The van der Waals surface area contributed by atoms with Crippen LogP contribution in [0.5, 0.6) is 0 Å². The molecule has 0 unspecified atom stereocenters. The summed E-state index contributed by atoms with van der Waals surface area (Å²) in [6, 6.07) is 0. The predicted molar refractivity (Wildman–Crippen MR) is 56.6 cm³/mol. The molecule has 0 atom stereocenters. The molecule has 2 nitrogen and oxygen atoms in total. The summed E-state index contributed by atoms with van der Waals surface area (Å²) in [6.45, 7) is 13.2. The molecule has 0 rings (SSSR count). The van der Waals surface area contributed by atoms with Crippen molar-refractivity contribution in [2.75, 3.05) is 6.54 Å². The van der Waals surface area contributed by atoms with E-state index >= 15 is 0 Å². The van der Waals surface area contributed by atoms with Gasteiger partial charge in [-0.3, -0.25) is 4.79 Å². The molecule has 0 fully saturated rings. The molecule has 0 radical (unpaired) electrons. The number of rotatable bonds is 3. The lowest BCUT2D eigenvalue weighted by molar-refractivity contribution is -0.136. The van der Waals surface area contributed by atoms with E-state index in [0.717, 1.165) is 6.54 Å². The first-order valence-electron chi connectivity index (χ1n) is 5.09. The molecule has 0 aromatic rings. The van der Waals surface area contributed by atoms with Gasteiger partial charge in [0.15, 0.2) is 0 Å². The Kier molecular flexibility index (Phi) is 4.45. The predicted octanol–water partition coefficient (Wildman–Crippen LogP) is 2.68. The van der Waals surface area contributed by atoms with Gasteiger partial charge in [0.1, 0.15) is 0 Å². The minimum Gasteiger partial charge on any atom is -0.338 e. The van der Waals surface area contributed by atoms with E-state index in [1.54, 1.807) is 0 Å². The van der Waals surface area contributed by atoms with Crippen LogP contribution in [0.4, 0.5) is 0 Å². The molecular formula is C11H23NO. The van der Waals surface area contributed by atoms with E-state index in [9.17, 15) is 4.79 Å². The molecule has 0 N–H and O–H groups in total. The second-order valence-electron chi connectivity index (χ2n) is 4.91. The number of carbonyl (C=O) groups is 1. The molecule has 2 heteroatoms. The van der Waals surface area contributed by atoms with E-state index in [4.69, 9.17) is 0 Å². The van der Waals surface area contributed by atoms with Crippen molar-refractivity contribution in [3.63, 3.8) is 0 Å². The van der Waals surface area contributed by atoms with Gasteiger partial charge in [-0.05, 0) is 33.6 Å². The van der Waals surface area contributed by atoms with Gasteiger partial charge in [0.2, 0.25) is 5.91 Å². The van der Waals surface area contributed by atoms with Gasteiger partial charge in [-0.1, -0.05) is 13.8 Å². The minimum absolute atomic E-state index is 0.0409. The van der Waals surface area contributed by atoms with Gasteiger partial charge in [0.25, 0.3) is 0 Å². The Morgan fingerprint density at radius 1 is 1.31 bits per heavy atom. The normalized spacial score (nSPS) is 11.9. The summed E-state index contributed by atoms with van der Waals surface area (Å²) < 4.78 is 0. The van der Waals surface area contributed by atoms with Gasteiger partial charge in [0, 0.05) is 18.5 Å². The van der Waals surface area contributed by atoms with Crippen LogP contribution in [0.1, 0.15) is 48.0 Å². The topological polar surface area (TPSA) is 20.3 Å². The first-order chi connectivity index (χ1) is 5.79. The summed E-state index contributed by atoms with van der Waals surface area (Å²) in [7, 11) is 0. The highest BCUT2D eigenvalue weighted by molar-refractivity contribution is 5.77. The fraction of sp³-hybridized carbons (Fsp3) is 0.909. The van der Waals surface area contributed by atoms with Crippen LogP contribution in [0.25, 0.3) is 0 Å². The zero-order valence-corrected chi connectivity index (χ0v) is 9.85. The van der Waals surface area contributed by atoms with Crippen molar-refractivity contribution in [2.45, 2.75) is 53.5 Å². The molecule has 78 valence electrons. The number of nitrogens with zero attached hydrogens (tertiary/aromatic N) is 1. The van der Waals surface area contributed by atoms with Crippen molar-refractivity contribution in [1.29, 1.82) is 0 Å². The first kappa shape index (κ1) is 12.5. The summed E-state index contributed by atoms with van der Waals surface area (Å²) in [5, 5.41) is 0. The highest BCUT2D eigenvalue weighted by atomic mass is 16.2. The molecule has 0 aromatic carbocycles. The number of carbonyl (C=O) groups excluding carboxylic acids is 1. The Bertz CT molecular complexity index is 167. The van der Waals surface area contributed by atoms with E-state index in [1.165, 1.54) is 0 Å². The van der Waals surface area contributed by atoms with Crippen molar-refractivity contribution in [1.82, 2.24) is 4.90 Å². The quantitative estimate of drug-likeness (QED) is 0.662. The maximum Gasteiger partial charge on any atom is 0.223 e. The lowest BCUT2D eigenvalue weighted by Crippen LogP contribution is -2.45. The van der Waals surface area contributed by atoms with E-state index in [1.807, 2.05) is 11.8 Å². The molecule has 0 aliphatic carbocycles. The third kappa shape index (κ3) is 4.30. The Hall–Kier alpha value is -0.530. The Labute approximate surface area is 82.3 Å². The van der Waals surface area contributed by atoms with Crippen molar-refractivity contribution < 1.29 is 4.79 Å². The standard InChI is InChI=1S/C11H23NO/c1-7-12(11(4,5)6)10(13)8-9(2)3/h9H,7-8H2,1-6H3. The fourth-order valence-corrected chi connectivity index (χ4v) is 1.48. The third-order valence-corrected chi connectivity index (χ3v) is 2.01. The van der Waals surface area contributed by atoms with Crippen LogP contribution in [0.15, 0.2) is 0 Å². The van der Waals surface area contributed by atoms with Gasteiger partial charge in [-0.25, -0.2) is 0 Å². The van der Waals surface area contributed by atoms with Crippen LogP contribution >= 0.6 is 0 Å². The van der Waals surface area contributed by atoms with Gasteiger partial charge in [0.05, 0.1) is 0 Å². The lowest BCUT2D eigenvalue weighted by atomic mass is 10.0. The second-order valence-corrected chi connectivity index (χ2v) is 4.91. The molecule has 1 amide bonds. The third-order valence-electron chi connectivity index (χ3n) is 2.01. The van der Waals surface area contributed by atoms with Crippen LogP contribution in [0.3, 0.4) is 0 Å². The molecule has 0 spiro atoms. The van der Waals surface area contributed by atoms with E-state index < -0.39 is 0 Å². The second kappa shape index (κ2) is 4.64. The number of hydrogen-bond acceptors (Lipinski definition) is 1. The fourth-order valence-electron chi connectivity index (χ4n) is 1.48. The SMILES string of the molecule is CCN(C(=O)CC(C)C)C(C)(C)C. The summed E-state index contributed by atoms with van der Waals surface area (Å²) in [5.41, 5.74) is -0.0409. The zero-order valence-electron chi connectivity index (χ0n) is 9.85. The molecule has 0 bridgehead atoms. The number of hydrogen-bond donors (Lipinski definition) is 0. The Balaban J connectivity index is 4.33. The largest absolute Gasteiger partial charge is 0.338 e. The molecule has 0 aliphatic rings. The minimum atomic E-state index is -0.0409. The van der Waals surface area contributed by atoms with Crippen LogP contribution in [-0.4, -0.2) is 22.9 Å². The van der Waals surface area contributed by atoms with Crippen LogP contribution < -0.4 is 0 Å². The smallest absolute Gasteiger partial charge is 0.223 e. The average molecular weight is 185 g/mol. The van der Waals surface area contributed by atoms with Crippen LogP contribution in [-0.2, 0) is 4.79 Å². The Morgan fingerprint density at radius 3 is 2.00 bits per heavy atom. The maximum atomic E-state index is 11.8. The molecule has 13 heavy (non-hydrogen) atoms. The van der Waals surface area contributed by atoms with Gasteiger partial charge < -0.3 is 4.90 Å². The Morgan fingerprint density at radius 2 is 1.77 bits per heavy atom. The van der Waals surface area contributed by atoms with E-state index in [2.05, 4.69) is 34.6 Å². The van der Waals surface area contributed by atoms with E-state index in [-0.39, 0.29) is 11.4 Å². The lowest BCUT2D eigenvalue weighted by Gasteiger charge is -2.35. The van der Waals surface area contributed by atoms with Crippen molar-refractivity contribution >= 4 is 5.91 Å². The molecule has 0 saturated heterocycles. The van der Waals surface area contributed by atoms with Gasteiger partial charge in [-0.2, -0.15) is 0 Å². The van der Waals surface area contributed by atoms with Crippen LogP contribution in [0, 0.1) is 5.92 Å². The van der Waals surface area contributed by atoms with Crippen molar-refractivity contribution in [3.8, 4) is 0 Å². The maximum absolute atomic E-state index is 11.8. The van der Waals surface area contributed by atoms with Crippen molar-refractivity contribution in [3.05, 3.63) is 0 Å². The zero-order chi connectivity index (χ0) is 10.6. The highest BCUT2D eigenvalue weighted by Crippen LogP contribution is 2.15. The molecule has 0 aliphatic heterocycles. The molecule has 0 aromatic heterocycles. The molecule has 0 heterocycles. The first-order valence-corrected chi connectivity index (χ1v) is 5.09. The highest BCUT2D eigenvalue weighted by Gasteiger charge is 2.24. The van der Waals surface area contributed by atoms with E-state index in [0.29, 0.717) is 12.3 Å². The van der Waals surface area contributed by atoms with Crippen molar-refractivity contribution in [2.24, 2.45) is 5.92 Å². The van der Waals surface area contributed by atoms with Gasteiger partial charge >= 0.3 is 0 Å².